The summed E-state index contributed by atoms with van der Waals surface area (Å²) in [7, 11) is 1.82. The predicted octanol–water partition coefficient (Wildman–Crippen LogP) is 2.39. The first kappa shape index (κ1) is 12.5. The van der Waals surface area contributed by atoms with E-state index in [0.29, 0.717) is 11.4 Å². The molecule has 3 rings (SSSR count). The molecule has 19 heavy (non-hydrogen) atoms. The van der Waals surface area contributed by atoms with Crippen molar-refractivity contribution in [3.8, 4) is 0 Å². The Morgan fingerprint density at radius 3 is 3.00 bits per heavy atom. The Bertz CT molecular complexity index is 600. The number of hydrogen-bond acceptors (Lipinski definition) is 2. The van der Waals surface area contributed by atoms with Gasteiger partial charge in [0.1, 0.15) is 17.2 Å². The Balaban J connectivity index is 1.95. The molecule has 1 aromatic heterocycles. The maximum Gasteiger partial charge on any atom is 0.153 e. The molecular formula is C14H17F2N3. The number of rotatable bonds is 2. The van der Waals surface area contributed by atoms with Gasteiger partial charge in [0.2, 0.25) is 0 Å². The van der Waals surface area contributed by atoms with Gasteiger partial charge >= 0.3 is 0 Å². The van der Waals surface area contributed by atoms with E-state index in [2.05, 4.69) is 10.3 Å². The number of halogens is 2. The summed E-state index contributed by atoms with van der Waals surface area (Å²) in [4.78, 5) is 4.34. The highest BCUT2D eigenvalue weighted by Gasteiger charge is 2.18. The van der Waals surface area contributed by atoms with Gasteiger partial charge in [-0.05, 0) is 37.9 Å². The van der Waals surface area contributed by atoms with Gasteiger partial charge in [0.25, 0.3) is 0 Å². The van der Waals surface area contributed by atoms with E-state index in [1.807, 2.05) is 7.05 Å². The summed E-state index contributed by atoms with van der Waals surface area (Å²) in [5.74, 6) is 0.211. The average molecular weight is 265 g/mol. The molecule has 1 unspecified atom stereocenters. The van der Waals surface area contributed by atoms with Crippen LogP contribution in [0.1, 0.15) is 18.7 Å². The molecular weight excluding hydrogens is 248 g/mol. The van der Waals surface area contributed by atoms with Crippen LogP contribution in [0.15, 0.2) is 12.1 Å². The van der Waals surface area contributed by atoms with Crippen LogP contribution < -0.4 is 5.32 Å². The quantitative estimate of drug-likeness (QED) is 0.903. The summed E-state index contributed by atoms with van der Waals surface area (Å²) in [6.45, 7) is 2.04. The Hall–Kier alpha value is -1.49. The van der Waals surface area contributed by atoms with Crippen LogP contribution >= 0.6 is 0 Å². The fourth-order valence-corrected chi connectivity index (χ4v) is 2.80. The molecule has 0 spiro atoms. The standard InChI is InChI=1S/C14H17F2N3/c1-19-12-7-10(15)6-11(16)14(12)18-13(19)5-9-3-2-4-17-8-9/h6-7,9,17H,2-5,8H2,1H3. The van der Waals surface area contributed by atoms with E-state index >= 15 is 0 Å². The number of benzene rings is 1. The first-order valence-electron chi connectivity index (χ1n) is 6.66. The Morgan fingerprint density at radius 1 is 1.42 bits per heavy atom. The van der Waals surface area contributed by atoms with Crippen LogP contribution in [0, 0.1) is 17.6 Å². The highest BCUT2D eigenvalue weighted by molar-refractivity contribution is 5.76. The lowest BCUT2D eigenvalue weighted by atomic mass is 9.96. The zero-order chi connectivity index (χ0) is 13.4. The maximum atomic E-state index is 13.7. The van der Waals surface area contributed by atoms with Crippen molar-refractivity contribution in [3.05, 3.63) is 29.6 Å². The number of nitrogens with zero attached hydrogens (tertiary/aromatic N) is 2. The van der Waals surface area contributed by atoms with Crippen molar-refractivity contribution in [2.45, 2.75) is 19.3 Å². The second-order valence-electron chi connectivity index (χ2n) is 5.26. The minimum Gasteiger partial charge on any atom is -0.331 e. The summed E-state index contributed by atoms with van der Waals surface area (Å²) in [6, 6.07) is 2.23. The van der Waals surface area contributed by atoms with Crippen molar-refractivity contribution in [1.82, 2.24) is 14.9 Å². The molecule has 0 bridgehead atoms. The molecule has 0 amide bonds. The van der Waals surface area contributed by atoms with Crippen LogP contribution in [0.3, 0.4) is 0 Å². The van der Waals surface area contributed by atoms with Crippen molar-refractivity contribution >= 4 is 11.0 Å². The van der Waals surface area contributed by atoms with Crippen molar-refractivity contribution in [3.63, 3.8) is 0 Å². The molecule has 3 nitrogen and oxygen atoms in total. The second kappa shape index (κ2) is 4.89. The van der Waals surface area contributed by atoms with Crippen molar-refractivity contribution in [2.24, 2.45) is 13.0 Å². The van der Waals surface area contributed by atoms with E-state index in [1.54, 1.807) is 4.57 Å². The first-order chi connectivity index (χ1) is 9.15. The number of aromatic nitrogens is 2. The van der Waals surface area contributed by atoms with E-state index in [-0.39, 0.29) is 5.52 Å². The van der Waals surface area contributed by atoms with Crippen molar-refractivity contribution in [2.75, 3.05) is 13.1 Å². The van der Waals surface area contributed by atoms with Gasteiger partial charge in [-0.1, -0.05) is 0 Å². The van der Waals surface area contributed by atoms with Gasteiger partial charge in [-0.25, -0.2) is 13.8 Å². The third kappa shape index (κ3) is 2.34. The van der Waals surface area contributed by atoms with Gasteiger partial charge in [-0.15, -0.1) is 0 Å². The van der Waals surface area contributed by atoms with Crippen LogP contribution in [0.5, 0.6) is 0 Å². The van der Waals surface area contributed by atoms with Gasteiger partial charge in [-0.2, -0.15) is 0 Å². The third-order valence-corrected chi connectivity index (χ3v) is 3.87. The lowest BCUT2D eigenvalue weighted by molar-refractivity contribution is 0.368. The largest absolute Gasteiger partial charge is 0.331 e. The lowest BCUT2D eigenvalue weighted by Crippen LogP contribution is -2.31. The van der Waals surface area contributed by atoms with E-state index in [9.17, 15) is 8.78 Å². The molecule has 1 N–H and O–H groups in total. The summed E-state index contributed by atoms with van der Waals surface area (Å²) in [5, 5.41) is 3.36. The van der Waals surface area contributed by atoms with E-state index in [4.69, 9.17) is 0 Å². The van der Waals surface area contributed by atoms with Gasteiger partial charge in [-0.3, -0.25) is 0 Å². The zero-order valence-electron chi connectivity index (χ0n) is 10.9. The molecule has 1 aromatic carbocycles. The topological polar surface area (TPSA) is 29.9 Å². The SMILES string of the molecule is Cn1c(CC2CCCNC2)nc2c(F)cc(F)cc21. The van der Waals surface area contributed by atoms with Crippen LogP contribution in [-0.4, -0.2) is 22.6 Å². The second-order valence-corrected chi connectivity index (χ2v) is 5.26. The highest BCUT2D eigenvalue weighted by Crippen LogP contribution is 2.23. The van der Waals surface area contributed by atoms with E-state index in [1.165, 1.54) is 6.07 Å². The number of hydrogen-bond donors (Lipinski definition) is 1. The first-order valence-corrected chi connectivity index (χ1v) is 6.66. The van der Waals surface area contributed by atoms with Gasteiger partial charge < -0.3 is 9.88 Å². The van der Waals surface area contributed by atoms with Crippen molar-refractivity contribution < 1.29 is 8.78 Å². The summed E-state index contributed by atoms with van der Waals surface area (Å²) >= 11 is 0. The molecule has 1 fully saturated rings. The number of fused-ring (bicyclic) bond motifs is 1. The van der Waals surface area contributed by atoms with Gasteiger partial charge in [0.05, 0.1) is 5.52 Å². The molecule has 5 heteroatoms. The van der Waals surface area contributed by atoms with Gasteiger partial charge in [0.15, 0.2) is 5.82 Å². The molecule has 102 valence electrons. The van der Waals surface area contributed by atoms with Crippen LogP contribution in [0.2, 0.25) is 0 Å². The lowest BCUT2D eigenvalue weighted by Gasteiger charge is -2.22. The smallest absolute Gasteiger partial charge is 0.153 e. The fraction of sp³-hybridized carbons (Fsp3) is 0.500. The Labute approximate surface area is 110 Å². The molecule has 0 saturated carbocycles. The predicted molar refractivity (Wildman–Crippen MR) is 69.9 cm³/mol. The van der Waals surface area contributed by atoms with E-state index < -0.39 is 11.6 Å². The molecule has 2 heterocycles. The summed E-state index contributed by atoms with van der Waals surface area (Å²) in [6.07, 6.45) is 3.13. The number of piperidine rings is 1. The third-order valence-electron chi connectivity index (χ3n) is 3.87. The number of imidazole rings is 1. The summed E-state index contributed by atoms with van der Waals surface area (Å²) in [5.41, 5.74) is 0.791. The van der Waals surface area contributed by atoms with Crippen LogP contribution in [0.25, 0.3) is 11.0 Å². The van der Waals surface area contributed by atoms with Gasteiger partial charge in [0, 0.05) is 19.5 Å². The minimum atomic E-state index is -0.585. The van der Waals surface area contributed by atoms with Crippen LogP contribution in [-0.2, 0) is 13.5 Å². The molecule has 1 aliphatic heterocycles. The molecule has 2 aromatic rings. The normalized spacial score (nSPS) is 20.1. The summed E-state index contributed by atoms with van der Waals surface area (Å²) < 4.78 is 28.7. The van der Waals surface area contributed by atoms with Crippen molar-refractivity contribution in [1.29, 1.82) is 0 Å². The molecule has 1 saturated heterocycles. The number of aryl methyl sites for hydroxylation is 1. The monoisotopic (exact) mass is 265 g/mol. The fourth-order valence-electron chi connectivity index (χ4n) is 2.80. The van der Waals surface area contributed by atoms with Crippen LogP contribution in [0.4, 0.5) is 8.78 Å². The molecule has 0 aliphatic carbocycles. The number of nitrogens with one attached hydrogen (secondary N) is 1. The van der Waals surface area contributed by atoms with E-state index in [0.717, 1.165) is 44.2 Å². The molecule has 0 radical (unpaired) electrons. The Morgan fingerprint density at radius 2 is 2.26 bits per heavy atom. The maximum absolute atomic E-state index is 13.7. The minimum absolute atomic E-state index is 0.266. The zero-order valence-corrected chi connectivity index (χ0v) is 10.9. The molecule has 1 atom stereocenters. The molecule has 1 aliphatic rings. The highest BCUT2D eigenvalue weighted by atomic mass is 19.1. The average Bonchev–Trinajstić information content (AvgIpc) is 2.69. The Kier molecular flexibility index (Phi) is 3.22.